The molecule has 29 heavy (non-hydrogen) atoms. The lowest BCUT2D eigenvalue weighted by Crippen LogP contribution is -1.95. The molecule has 0 bridgehead atoms. The topological polar surface area (TPSA) is 61.0 Å². The molecule has 0 saturated heterocycles. The third kappa shape index (κ3) is 5.82. The molecular formula is C21H18ClN3O2S2. The van der Waals surface area contributed by atoms with E-state index in [-0.39, 0.29) is 6.61 Å². The standard InChI is InChI=1S/C21H18ClN3O2S2/c1-14-3-2-4-18(9-14)26-11-19-24-25-21(27-19)29-13-17-12-28-20(23-17)10-15-5-7-16(22)8-6-15/h2-9,12H,10-11,13H2,1H3. The maximum atomic E-state index is 5.93. The molecule has 0 amide bonds. The van der Waals surface area contributed by atoms with Crippen LogP contribution in [-0.2, 0) is 18.8 Å². The second-order valence-corrected chi connectivity index (χ2v) is 8.70. The molecule has 0 radical (unpaired) electrons. The van der Waals surface area contributed by atoms with Crippen LogP contribution in [0.4, 0.5) is 0 Å². The van der Waals surface area contributed by atoms with Gasteiger partial charge in [0.1, 0.15) is 5.75 Å². The highest BCUT2D eigenvalue weighted by Gasteiger charge is 2.10. The highest BCUT2D eigenvalue weighted by atomic mass is 35.5. The Morgan fingerprint density at radius 3 is 2.83 bits per heavy atom. The molecule has 0 unspecified atom stereocenters. The van der Waals surface area contributed by atoms with Crippen molar-refractivity contribution in [1.29, 1.82) is 0 Å². The summed E-state index contributed by atoms with van der Waals surface area (Å²) in [6.07, 6.45) is 0.799. The Morgan fingerprint density at radius 1 is 1.14 bits per heavy atom. The molecule has 5 nitrogen and oxygen atoms in total. The maximum Gasteiger partial charge on any atom is 0.277 e. The summed E-state index contributed by atoms with van der Waals surface area (Å²) in [5.41, 5.74) is 3.33. The number of aryl methyl sites for hydroxylation is 1. The maximum absolute atomic E-state index is 5.93. The molecule has 2 heterocycles. The van der Waals surface area contributed by atoms with E-state index >= 15 is 0 Å². The van der Waals surface area contributed by atoms with Gasteiger partial charge in [-0.15, -0.1) is 21.5 Å². The summed E-state index contributed by atoms with van der Waals surface area (Å²) in [5, 5.41) is 12.5. The third-order valence-corrected chi connectivity index (χ3v) is 6.01. The number of hydrogen-bond donors (Lipinski definition) is 0. The average Bonchev–Trinajstić information content (AvgIpc) is 3.36. The lowest BCUT2D eigenvalue weighted by Gasteiger charge is -2.03. The first-order valence-electron chi connectivity index (χ1n) is 8.96. The van der Waals surface area contributed by atoms with Gasteiger partial charge in [-0.3, -0.25) is 0 Å². The first kappa shape index (κ1) is 19.9. The van der Waals surface area contributed by atoms with Gasteiger partial charge in [0.25, 0.3) is 11.1 Å². The van der Waals surface area contributed by atoms with Crippen LogP contribution in [0.2, 0.25) is 5.02 Å². The van der Waals surface area contributed by atoms with Gasteiger partial charge in [-0.2, -0.15) is 0 Å². The molecular weight excluding hydrogens is 426 g/mol. The number of halogens is 1. The van der Waals surface area contributed by atoms with E-state index in [2.05, 4.69) is 20.6 Å². The quantitative estimate of drug-likeness (QED) is 0.313. The number of nitrogens with zero attached hydrogens (tertiary/aromatic N) is 3. The lowest BCUT2D eigenvalue weighted by molar-refractivity contribution is 0.252. The summed E-state index contributed by atoms with van der Waals surface area (Å²) in [5.74, 6) is 1.92. The molecule has 2 aromatic carbocycles. The normalized spacial score (nSPS) is 11.0. The minimum Gasteiger partial charge on any atom is -0.484 e. The van der Waals surface area contributed by atoms with Gasteiger partial charge in [0, 0.05) is 22.6 Å². The van der Waals surface area contributed by atoms with Crippen molar-refractivity contribution in [3.8, 4) is 5.75 Å². The molecule has 0 saturated carbocycles. The summed E-state index contributed by atoms with van der Waals surface area (Å²) >= 11 is 9.06. The number of thiazole rings is 1. The number of benzene rings is 2. The van der Waals surface area contributed by atoms with Crippen LogP contribution in [0.3, 0.4) is 0 Å². The van der Waals surface area contributed by atoms with Crippen molar-refractivity contribution in [2.45, 2.75) is 30.9 Å². The lowest BCUT2D eigenvalue weighted by atomic mass is 10.2. The minimum absolute atomic E-state index is 0.249. The fourth-order valence-corrected chi connectivity index (χ4v) is 4.35. The van der Waals surface area contributed by atoms with Gasteiger partial charge in [0.15, 0.2) is 6.61 Å². The third-order valence-electron chi connectivity index (χ3n) is 4.01. The molecule has 0 atom stereocenters. The van der Waals surface area contributed by atoms with Crippen molar-refractivity contribution < 1.29 is 9.15 Å². The zero-order chi connectivity index (χ0) is 20.1. The predicted octanol–water partition coefficient (Wildman–Crippen LogP) is 5.95. The summed E-state index contributed by atoms with van der Waals surface area (Å²) < 4.78 is 11.3. The van der Waals surface area contributed by atoms with Gasteiger partial charge in [0.2, 0.25) is 0 Å². The van der Waals surface area contributed by atoms with Crippen LogP contribution in [-0.4, -0.2) is 15.2 Å². The number of rotatable bonds is 8. The first-order chi connectivity index (χ1) is 14.1. The second-order valence-electron chi connectivity index (χ2n) is 6.39. The van der Waals surface area contributed by atoms with Gasteiger partial charge < -0.3 is 9.15 Å². The van der Waals surface area contributed by atoms with Crippen LogP contribution in [0.25, 0.3) is 0 Å². The van der Waals surface area contributed by atoms with Gasteiger partial charge in [0.05, 0.1) is 10.7 Å². The number of thioether (sulfide) groups is 1. The van der Waals surface area contributed by atoms with Crippen LogP contribution in [0.5, 0.6) is 5.75 Å². The van der Waals surface area contributed by atoms with Crippen LogP contribution in [0.15, 0.2) is 63.6 Å². The van der Waals surface area contributed by atoms with Gasteiger partial charge >= 0.3 is 0 Å². The van der Waals surface area contributed by atoms with E-state index in [1.807, 2.05) is 55.5 Å². The van der Waals surface area contributed by atoms with Gasteiger partial charge in [-0.1, -0.05) is 47.6 Å². The van der Waals surface area contributed by atoms with Crippen molar-refractivity contribution in [2.24, 2.45) is 0 Å². The van der Waals surface area contributed by atoms with Crippen LogP contribution >= 0.6 is 34.7 Å². The molecule has 0 aliphatic heterocycles. The SMILES string of the molecule is Cc1cccc(OCc2nnc(SCc3csc(Cc4ccc(Cl)cc4)n3)o2)c1. The van der Waals surface area contributed by atoms with Gasteiger partial charge in [-0.05, 0) is 42.3 Å². The highest BCUT2D eigenvalue weighted by molar-refractivity contribution is 7.98. The molecule has 0 N–H and O–H groups in total. The smallest absolute Gasteiger partial charge is 0.277 e. The fourth-order valence-electron chi connectivity index (χ4n) is 2.61. The van der Waals surface area contributed by atoms with Gasteiger partial charge in [-0.25, -0.2) is 4.98 Å². The Kier molecular flexibility index (Phi) is 6.49. The molecule has 4 aromatic rings. The zero-order valence-electron chi connectivity index (χ0n) is 15.7. The van der Waals surface area contributed by atoms with Crippen molar-refractivity contribution in [3.63, 3.8) is 0 Å². The van der Waals surface area contributed by atoms with E-state index in [1.165, 1.54) is 17.3 Å². The monoisotopic (exact) mass is 443 g/mol. The molecule has 4 rings (SSSR count). The molecule has 2 aromatic heterocycles. The second kappa shape index (κ2) is 9.43. The van der Waals surface area contributed by atoms with Crippen molar-refractivity contribution in [2.75, 3.05) is 0 Å². The highest BCUT2D eigenvalue weighted by Crippen LogP contribution is 2.24. The van der Waals surface area contributed by atoms with E-state index in [4.69, 9.17) is 20.8 Å². The zero-order valence-corrected chi connectivity index (χ0v) is 18.1. The predicted molar refractivity (Wildman–Crippen MR) is 116 cm³/mol. The van der Waals surface area contributed by atoms with Crippen LogP contribution in [0, 0.1) is 6.92 Å². The number of aromatic nitrogens is 3. The van der Waals surface area contributed by atoms with E-state index in [1.54, 1.807) is 11.3 Å². The molecule has 0 fully saturated rings. The van der Waals surface area contributed by atoms with Crippen LogP contribution < -0.4 is 4.74 Å². The van der Waals surface area contributed by atoms with Crippen LogP contribution in [0.1, 0.15) is 27.7 Å². The van der Waals surface area contributed by atoms with Crippen molar-refractivity contribution in [3.05, 3.63) is 86.7 Å². The molecule has 0 aliphatic rings. The summed E-state index contributed by atoms with van der Waals surface area (Å²) in [6, 6.07) is 15.7. The largest absolute Gasteiger partial charge is 0.484 e. The van der Waals surface area contributed by atoms with E-state index < -0.39 is 0 Å². The molecule has 8 heteroatoms. The average molecular weight is 444 g/mol. The fraction of sp³-hybridized carbons (Fsp3) is 0.190. The Hall–Kier alpha value is -2.35. The first-order valence-corrected chi connectivity index (χ1v) is 11.2. The number of ether oxygens (including phenoxy) is 1. The minimum atomic E-state index is 0.249. The summed E-state index contributed by atoms with van der Waals surface area (Å²) in [7, 11) is 0. The Labute approximate surface area is 182 Å². The Bertz CT molecular complexity index is 1080. The van der Waals surface area contributed by atoms with Crippen molar-refractivity contribution >= 4 is 34.7 Å². The molecule has 0 aliphatic carbocycles. The van der Waals surface area contributed by atoms with E-state index in [0.29, 0.717) is 16.9 Å². The van der Waals surface area contributed by atoms with E-state index in [0.717, 1.165) is 33.5 Å². The summed E-state index contributed by atoms with van der Waals surface area (Å²) in [6.45, 7) is 2.27. The number of hydrogen-bond acceptors (Lipinski definition) is 7. The Morgan fingerprint density at radius 2 is 2.00 bits per heavy atom. The molecule has 0 spiro atoms. The summed E-state index contributed by atoms with van der Waals surface area (Å²) in [4.78, 5) is 4.68. The molecule has 148 valence electrons. The Balaban J connectivity index is 1.27. The van der Waals surface area contributed by atoms with E-state index in [9.17, 15) is 0 Å². The van der Waals surface area contributed by atoms with Crippen molar-refractivity contribution in [1.82, 2.24) is 15.2 Å².